The highest BCUT2D eigenvalue weighted by Gasteiger charge is 2.13. The first-order chi connectivity index (χ1) is 8.63. The highest BCUT2D eigenvalue weighted by atomic mass is 16.6. The van der Waals surface area contributed by atoms with Gasteiger partial charge in [-0.25, -0.2) is 0 Å². The molecule has 6 heteroatoms. The van der Waals surface area contributed by atoms with E-state index in [-0.39, 0.29) is 5.69 Å². The summed E-state index contributed by atoms with van der Waals surface area (Å²) >= 11 is 0. The van der Waals surface area contributed by atoms with Gasteiger partial charge in [-0.1, -0.05) is 13.3 Å². The van der Waals surface area contributed by atoms with E-state index in [0.717, 1.165) is 29.7 Å². The van der Waals surface area contributed by atoms with Crippen LogP contribution in [-0.4, -0.2) is 15.1 Å². The molecule has 94 valence electrons. The molecule has 1 aromatic carbocycles. The quantitative estimate of drug-likeness (QED) is 0.639. The summed E-state index contributed by atoms with van der Waals surface area (Å²) in [5, 5.41) is 17.5. The Hall–Kier alpha value is -2.37. The summed E-state index contributed by atoms with van der Waals surface area (Å²) in [5.41, 5.74) is 8.52. The standard InChI is InChI=1S/C12H14N4O2/c1-2-3-10-11(14-15-12(10)13)8-4-6-9(7-5-8)16(17)18/h4-7H,2-3H2,1H3,(H3,13,14,15). The van der Waals surface area contributed by atoms with E-state index in [4.69, 9.17) is 5.73 Å². The minimum absolute atomic E-state index is 0.0725. The second-order valence-electron chi connectivity index (χ2n) is 4.02. The number of nitrogen functional groups attached to an aromatic ring is 1. The SMILES string of the molecule is CCCc1c(N)n[nH]c1-c1ccc([N+](=O)[O-])cc1. The Balaban J connectivity index is 2.39. The van der Waals surface area contributed by atoms with Gasteiger partial charge in [0, 0.05) is 23.3 Å². The van der Waals surface area contributed by atoms with Gasteiger partial charge >= 0.3 is 0 Å². The van der Waals surface area contributed by atoms with E-state index >= 15 is 0 Å². The number of nitrogens with two attached hydrogens (primary N) is 1. The number of rotatable bonds is 4. The van der Waals surface area contributed by atoms with Crippen molar-refractivity contribution in [3.8, 4) is 11.3 Å². The van der Waals surface area contributed by atoms with Crippen LogP contribution in [0.4, 0.5) is 11.5 Å². The Labute approximate surface area is 104 Å². The van der Waals surface area contributed by atoms with Crippen LogP contribution in [0.15, 0.2) is 24.3 Å². The van der Waals surface area contributed by atoms with Crippen LogP contribution in [0.3, 0.4) is 0 Å². The molecule has 0 saturated carbocycles. The Morgan fingerprint density at radius 3 is 2.61 bits per heavy atom. The summed E-state index contributed by atoms with van der Waals surface area (Å²) in [7, 11) is 0. The smallest absolute Gasteiger partial charge is 0.269 e. The normalized spacial score (nSPS) is 10.5. The van der Waals surface area contributed by atoms with Gasteiger partial charge in [0.15, 0.2) is 0 Å². The fraction of sp³-hybridized carbons (Fsp3) is 0.250. The van der Waals surface area contributed by atoms with E-state index in [1.165, 1.54) is 12.1 Å². The Morgan fingerprint density at radius 2 is 2.06 bits per heavy atom. The summed E-state index contributed by atoms with van der Waals surface area (Å²) in [6.45, 7) is 2.06. The lowest BCUT2D eigenvalue weighted by Crippen LogP contribution is -1.93. The molecule has 0 radical (unpaired) electrons. The van der Waals surface area contributed by atoms with Crippen molar-refractivity contribution in [3.63, 3.8) is 0 Å². The van der Waals surface area contributed by atoms with Crippen LogP contribution in [0.5, 0.6) is 0 Å². The number of nitro benzene ring substituents is 1. The molecule has 2 aromatic rings. The predicted octanol–water partition coefficient (Wildman–Crippen LogP) is 2.52. The summed E-state index contributed by atoms with van der Waals surface area (Å²) in [6.07, 6.45) is 1.79. The lowest BCUT2D eigenvalue weighted by atomic mass is 10.0. The molecule has 0 fully saturated rings. The molecule has 0 saturated heterocycles. The minimum Gasteiger partial charge on any atom is -0.382 e. The third kappa shape index (κ3) is 2.17. The van der Waals surface area contributed by atoms with E-state index in [2.05, 4.69) is 17.1 Å². The fourth-order valence-electron chi connectivity index (χ4n) is 1.87. The number of aromatic amines is 1. The molecule has 0 aliphatic heterocycles. The molecule has 1 aromatic heterocycles. The van der Waals surface area contributed by atoms with Crippen molar-refractivity contribution in [3.05, 3.63) is 39.9 Å². The van der Waals surface area contributed by atoms with Crippen molar-refractivity contribution in [2.45, 2.75) is 19.8 Å². The van der Waals surface area contributed by atoms with E-state index < -0.39 is 4.92 Å². The molecule has 0 aliphatic carbocycles. The number of non-ortho nitro benzene ring substituents is 1. The highest BCUT2D eigenvalue weighted by molar-refractivity contribution is 5.68. The van der Waals surface area contributed by atoms with Gasteiger partial charge in [-0.15, -0.1) is 0 Å². The van der Waals surface area contributed by atoms with E-state index in [1.54, 1.807) is 12.1 Å². The molecule has 0 unspecified atom stereocenters. The van der Waals surface area contributed by atoms with Crippen molar-refractivity contribution in [2.75, 3.05) is 5.73 Å². The molecule has 1 heterocycles. The van der Waals surface area contributed by atoms with E-state index in [1.807, 2.05) is 0 Å². The number of nitro groups is 1. The Kier molecular flexibility index (Phi) is 3.27. The molecule has 0 spiro atoms. The average Bonchev–Trinajstić information content (AvgIpc) is 2.72. The zero-order valence-electron chi connectivity index (χ0n) is 10.0. The third-order valence-corrected chi connectivity index (χ3v) is 2.77. The first-order valence-corrected chi connectivity index (χ1v) is 5.71. The van der Waals surface area contributed by atoms with Gasteiger partial charge in [0.2, 0.25) is 0 Å². The van der Waals surface area contributed by atoms with Gasteiger partial charge in [0.05, 0.1) is 10.6 Å². The van der Waals surface area contributed by atoms with Gasteiger partial charge in [-0.2, -0.15) is 5.10 Å². The van der Waals surface area contributed by atoms with Crippen molar-refractivity contribution in [1.82, 2.24) is 10.2 Å². The molecule has 18 heavy (non-hydrogen) atoms. The number of hydrogen-bond donors (Lipinski definition) is 2. The number of benzene rings is 1. The fourth-order valence-corrected chi connectivity index (χ4v) is 1.87. The summed E-state index contributed by atoms with van der Waals surface area (Å²) in [4.78, 5) is 10.2. The summed E-state index contributed by atoms with van der Waals surface area (Å²) < 4.78 is 0. The molecular weight excluding hydrogens is 232 g/mol. The van der Waals surface area contributed by atoms with Crippen LogP contribution in [0, 0.1) is 10.1 Å². The second kappa shape index (κ2) is 4.87. The molecule has 0 amide bonds. The number of aromatic nitrogens is 2. The van der Waals surface area contributed by atoms with Crippen molar-refractivity contribution < 1.29 is 4.92 Å². The third-order valence-electron chi connectivity index (χ3n) is 2.77. The molecular formula is C12H14N4O2. The minimum atomic E-state index is -0.419. The topological polar surface area (TPSA) is 97.8 Å². The van der Waals surface area contributed by atoms with Crippen LogP contribution < -0.4 is 5.73 Å². The van der Waals surface area contributed by atoms with Gasteiger partial charge in [0.1, 0.15) is 5.82 Å². The maximum Gasteiger partial charge on any atom is 0.269 e. The molecule has 3 N–H and O–H groups in total. The highest BCUT2D eigenvalue weighted by Crippen LogP contribution is 2.27. The van der Waals surface area contributed by atoms with Crippen LogP contribution in [0.25, 0.3) is 11.3 Å². The van der Waals surface area contributed by atoms with E-state index in [0.29, 0.717) is 5.82 Å². The first kappa shape index (κ1) is 12.1. The Bertz CT molecular complexity index is 560. The monoisotopic (exact) mass is 246 g/mol. The maximum absolute atomic E-state index is 10.6. The van der Waals surface area contributed by atoms with Crippen molar-refractivity contribution in [1.29, 1.82) is 0 Å². The zero-order chi connectivity index (χ0) is 13.1. The second-order valence-corrected chi connectivity index (χ2v) is 4.02. The van der Waals surface area contributed by atoms with Gasteiger partial charge in [-0.3, -0.25) is 15.2 Å². The number of anilines is 1. The molecule has 2 rings (SSSR count). The molecule has 0 atom stereocenters. The first-order valence-electron chi connectivity index (χ1n) is 5.71. The molecule has 6 nitrogen and oxygen atoms in total. The van der Waals surface area contributed by atoms with Crippen LogP contribution in [-0.2, 0) is 6.42 Å². The number of nitrogens with zero attached hydrogens (tertiary/aromatic N) is 2. The van der Waals surface area contributed by atoms with Gasteiger partial charge in [-0.05, 0) is 18.6 Å². The van der Waals surface area contributed by atoms with Crippen LogP contribution >= 0.6 is 0 Å². The number of nitrogens with one attached hydrogen (secondary N) is 1. The molecule has 0 bridgehead atoms. The lowest BCUT2D eigenvalue weighted by Gasteiger charge is -2.02. The van der Waals surface area contributed by atoms with Crippen LogP contribution in [0.2, 0.25) is 0 Å². The summed E-state index contributed by atoms with van der Waals surface area (Å²) in [5.74, 6) is 0.491. The van der Waals surface area contributed by atoms with E-state index in [9.17, 15) is 10.1 Å². The zero-order valence-corrected chi connectivity index (χ0v) is 10.0. The summed E-state index contributed by atoms with van der Waals surface area (Å²) in [6, 6.07) is 6.35. The lowest BCUT2D eigenvalue weighted by molar-refractivity contribution is -0.384. The van der Waals surface area contributed by atoms with Gasteiger partial charge in [0.25, 0.3) is 5.69 Å². The molecule has 0 aliphatic rings. The van der Waals surface area contributed by atoms with Crippen molar-refractivity contribution >= 4 is 11.5 Å². The van der Waals surface area contributed by atoms with Gasteiger partial charge < -0.3 is 5.73 Å². The average molecular weight is 246 g/mol. The number of H-pyrrole nitrogens is 1. The maximum atomic E-state index is 10.6. The Morgan fingerprint density at radius 1 is 1.39 bits per heavy atom. The van der Waals surface area contributed by atoms with Crippen LogP contribution in [0.1, 0.15) is 18.9 Å². The number of hydrogen-bond acceptors (Lipinski definition) is 4. The van der Waals surface area contributed by atoms with Crippen molar-refractivity contribution in [2.24, 2.45) is 0 Å². The predicted molar refractivity (Wildman–Crippen MR) is 69.1 cm³/mol. The largest absolute Gasteiger partial charge is 0.382 e.